The van der Waals surface area contributed by atoms with Gasteiger partial charge in [-0.3, -0.25) is 4.84 Å². The standard InChI is InChI=1S/C17H19NO3S/c1-4-12-18(21-3)22(19,20)17-13-14(2)10-11-16(17)15-8-6-5-7-9-15/h4-11,13H,1,12H2,2-3H3. The van der Waals surface area contributed by atoms with Crippen LogP contribution >= 0.6 is 0 Å². The molecule has 0 aliphatic carbocycles. The first-order valence-electron chi connectivity index (χ1n) is 6.84. The van der Waals surface area contributed by atoms with E-state index in [1.165, 1.54) is 13.2 Å². The Labute approximate surface area is 131 Å². The van der Waals surface area contributed by atoms with E-state index in [2.05, 4.69) is 6.58 Å². The highest BCUT2D eigenvalue weighted by atomic mass is 32.2. The Hall–Kier alpha value is -1.95. The molecule has 2 rings (SSSR count). The zero-order valence-corrected chi connectivity index (χ0v) is 13.5. The molecule has 0 saturated carbocycles. The van der Waals surface area contributed by atoms with Gasteiger partial charge in [0.2, 0.25) is 0 Å². The number of sulfonamides is 1. The molecule has 0 N–H and O–H groups in total. The fraction of sp³-hybridized carbons (Fsp3) is 0.176. The molecule has 0 aliphatic heterocycles. The van der Waals surface area contributed by atoms with Gasteiger partial charge < -0.3 is 0 Å². The van der Waals surface area contributed by atoms with Gasteiger partial charge >= 0.3 is 0 Å². The molecule has 0 heterocycles. The second kappa shape index (κ2) is 6.87. The minimum Gasteiger partial charge on any atom is -0.287 e. The van der Waals surface area contributed by atoms with Crippen LogP contribution in [-0.2, 0) is 14.9 Å². The van der Waals surface area contributed by atoms with Crippen LogP contribution in [0, 0.1) is 6.92 Å². The summed E-state index contributed by atoms with van der Waals surface area (Å²) in [6.45, 7) is 5.51. The van der Waals surface area contributed by atoms with Gasteiger partial charge in [0.25, 0.3) is 10.0 Å². The molecule has 0 atom stereocenters. The van der Waals surface area contributed by atoms with Gasteiger partial charge in [0.1, 0.15) is 0 Å². The summed E-state index contributed by atoms with van der Waals surface area (Å²) in [6, 6.07) is 14.8. The number of hydroxylamine groups is 1. The van der Waals surface area contributed by atoms with Gasteiger partial charge in [-0.15, -0.1) is 6.58 Å². The third-order valence-electron chi connectivity index (χ3n) is 3.25. The van der Waals surface area contributed by atoms with E-state index >= 15 is 0 Å². The van der Waals surface area contributed by atoms with Gasteiger partial charge in [-0.25, -0.2) is 8.42 Å². The lowest BCUT2D eigenvalue weighted by atomic mass is 10.0. The van der Waals surface area contributed by atoms with E-state index in [4.69, 9.17) is 4.84 Å². The molecule has 0 aliphatic rings. The van der Waals surface area contributed by atoms with Crippen LogP contribution in [0.3, 0.4) is 0 Å². The zero-order chi connectivity index (χ0) is 16.2. The maximum atomic E-state index is 12.9. The summed E-state index contributed by atoms with van der Waals surface area (Å²) in [5.41, 5.74) is 2.36. The predicted octanol–water partition coefficient (Wildman–Crippen LogP) is 3.40. The van der Waals surface area contributed by atoms with E-state index in [1.807, 2.05) is 49.4 Å². The number of hydrogen-bond acceptors (Lipinski definition) is 3. The number of aryl methyl sites for hydroxylation is 1. The minimum atomic E-state index is -3.77. The van der Waals surface area contributed by atoms with E-state index in [-0.39, 0.29) is 11.4 Å². The molecule has 116 valence electrons. The van der Waals surface area contributed by atoms with Crippen LogP contribution in [0.15, 0.2) is 66.1 Å². The summed E-state index contributed by atoms with van der Waals surface area (Å²) in [6.07, 6.45) is 1.49. The molecule has 0 spiro atoms. The summed E-state index contributed by atoms with van der Waals surface area (Å²) >= 11 is 0. The van der Waals surface area contributed by atoms with Gasteiger partial charge in [-0.1, -0.05) is 53.0 Å². The lowest BCUT2D eigenvalue weighted by molar-refractivity contribution is -0.0390. The Bertz CT molecular complexity index is 755. The summed E-state index contributed by atoms with van der Waals surface area (Å²) in [5.74, 6) is 0. The lowest BCUT2D eigenvalue weighted by Gasteiger charge is -2.20. The van der Waals surface area contributed by atoms with Crippen LogP contribution in [0.25, 0.3) is 11.1 Å². The molecule has 0 amide bonds. The van der Waals surface area contributed by atoms with E-state index in [1.54, 1.807) is 6.07 Å². The smallest absolute Gasteiger partial charge is 0.265 e. The lowest BCUT2D eigenvalue weighted by Crippen LogP contribution is -2.30. The third-order valence-corrected chi connectivity index (χ3v) is 4.98. The number of hydrogen-bond donors (Lipinski definition) is 0. The quantitative estimate of drug-likeness (QED) is 0.606. The van der Waals surface area contributed by atoms with E-state index in [0.29, 0.717) is 5.56 Å². The van der Waals surface area contributed by atoms with Crippen molar-refractivity contribution >= 4 is 10.0 Å². The SMILES string of the molecule is C=CCN(OC)S(=O)(=O)c1cc(C)ccc1-c1ccccc1. The van der Waals surface area contributed by atoms with Crippen molar-refractivity contribution in [1.82, 2.24) is 4.47 Å². The van der Waals surface area contributed by atoms with Crippen LogP contribution in [0.5, 0.6) is 0 Å². The predicted molar refractivity (Wildman–Crippen MR) is 87.7 cm³/mol. The maximum Gasteiger partial charge on any atom is 0.265 e. The van der Waals surface area contributed by atoms with Crippen LogP contribution in [0.1, 0.15) is 5.56 Å². The van der Waals surface area contributed by atoms with Crippen LogP contribution in [0.4, 0.5) is 0 Å². The second-order valence-electron chi connectivity index (χ2n) is 4.83. The van der Waals surface area contributed by atoms with E-state index in [9.17, 15) is 8.42 Å². The van der Waals surface area contributed by atoms with Gasteiger partial charge in [0, 0.05) is 5.56 Å². The van der Waals surface area contributed by atoms with Gasteiger partial charge in [-0.2, -0.15) is 0 Å². The molecule has 0 fully saturated rings. The Morgan fingerprint density at radius 3 is 2.45 bits per heavy atom. The molecular formula is C17H19NO3S. The highest BCUT2D eigenvalue weighted by Gasteiger charge is 2.27. The molecule has 2 aromatic carbocycles. The van der Waals surface area contributed by atoms with E-state index in [0.717, 1.165) is 15.6 Å². The van der Waals surface area contributed by atoms with Crippen molar-refractivity contribution in [3.63, 3.8) is 0 Å². The van der Waals surface area contributed by atoms with Crippen molar-refractivity contribution < 1.29 is 13.3 Å². The highest BCUT2D eigenvalue weighted by Crippen LogP contribution is 2.30. The normalized spacial score (nSPS) is 11.6. The van der Waals surface area contributed by atoms with Crippen molar-refractivity contribution in [1.29, 1.82) is 0 Å². The molecule has 0 bridgehead atoms. The zero-order valence-electron chi connectivity index (χ0n) is 12.7. The Morgan fingerprint density at radius 1 is 1.18 bits per heavy atom. The summed E-state index contributed by atoms with van der Waals surface area (Å²) in [4.78, 5) is 5.24. The van der Waals surface area contributed by atoms with Gasteiger partial charge in [-0.05, 0) is 24.1 Å². The summed E-state index contributed by atoms with van der Waals surface area (Å²) < 4.78 is 26.6. The Kier molecular flexibility index (Phi) is 5.13. The van der Waals surface area contributed by atoms with Crippen molar-refractivity contribution in [3.8, 4) is 11.1 Å². The molecule has 0 aromatic heterocycles. The molecule has 0 radical (unpaired) electrons. The van der Waals surface area contributed by atoms with Crippen LogP contribution < -0.4 is 0 Å². The molecular weight excluding hydrogens is 298 g/mol. The topological polar surface area (TPSA) is 46.6 Å². The van der Waals surface area contributed by atoms with Crippen LogP contribution in [0.2, 0.25) is 0 Å². The fourth-order valence-electron chi connectivity index (χ4n) is 2.19. The van der Waals surface area contributed by atoms with Crippen molar-refractivity contribution in [2.24, 2.45) is 0 Å². The third kappa shape index (κ3) is 3.27. The number of rotatable bonds is 6. The van der Waals surface area contributed by atoms with Gasteiger partial charge in [0.15, 0.2) is 0 Å². The first-order chi connectivity index (χ1) is 10.5. The highest BCUT2D eigenvalue weighted by molar-refractivity contribution is 7.89. The van der Waals surface area contributed by atoms with E-state index < -0.39 is 10.0 Å². The molecule has 4 nitrogen and oxygen atoms in total. The average Bonchev–Trinajstić information content (AvgIpc) is 2.53. The first-order valence-corrected chi connectivity index (χ1v) is 8.28. The molecule has 22 heavy (non-hydrogen) atoms. The minimum absolute atomic E-state index is 0.0843. The average molecular weight is 317 g/mol. The molecule has 0 saturated heterocycles. The second-order valence-corrected chi connectivity index (χ2v) is 6.62. The summed E-state index contributed by atoms with van der Waals surface area (Å²) in [5, 5.41) is 0. The Balaban J connectivity index is 2.64. The van der Waals surface area contributed by atoms with Crippen molar-refractivity contribution in [3.05, 3.63) is 66.7 Å². The Morgan fingerprint density at radius 2 is 1.86 bits per heavy atom. The molecule has 0 unspecified atom stereocenters. The van der Waals surface area contributed by atoms with Crippen molar-refractivity contribution in [2.45, 2.75) is 11.8 Å². The largest absolute Gasteiger partial charge is 0.287 e. The number of nitrogens with zero attached hydrogens (tertiary/aromatic N) is 1. The molecule has 5 heteroatoms. The first kappa shape index (κ1) is 16.4. The number of benzene rings is 2. The summed E-state index contributed by atoms with van der Waals surface area (Å²) in [7, 11) is -2.44. The van der Waals surface area contributed by atoms with Crippen LogP contribution in [-0.4, -0.2) is 26.5 Å². The van der Waals surface area contributed by atoms with Crippen molar-refractivity contribution in [2.75, 3.05) is 13.7 Å². The fourth-order valence-corrected chi connectivity index (χ4v) is 3.70. The van der Waals surface area contributed by atoms with Gasteiger partial charge in [0.05, 0.1) is 18.6 Å². The maximum absolute atomic E-state index is 12.9. The monoisotopic (exact) mass is 317 g/mol. The molecule has 2 aromatic rings.